The van der Waals surface area contributed by atoms with E-state index in [-0.39, 0.29) is 12.0 Å². The minimum atomic E-state index is -0.375. The van der Waals surface area contributed by atoms with Crippen LogP contribution in [0.2, 0.25) is 5.02 Å². The van der Waals surface area contributed by atoms with Crippen molar-refractivity contribution in [2.75, 3.05) is 11.9 Å². The van der Waals surface area contributed by atoms with Gasteiger partial charge in [-0.05, 0) is 31.0 Å². The SMILES string of the molecule is O=C(Nc1cc(-c2cc(Br)ccc2Cl)[nH]n1)[C@@H]1CCCO1. The Hall–Kier alpha value is -1.37. The predicted molar refractivity (Wildman–Crippen MR) is 84.3 cm³/mol. The minimum absolute atomic E-state index is 0.161. The van der Waals surface area contributed by atoms with E-state index in [0.29, 0.717) is 17.4 Å². The Morgan fingerprint density at radius 3 is 3.10 bits per heavy atom. The molecule has 0 unspecified atom stereocenters. The van der Waals surface area contributed by atoms with Gasteiger partial charge in [-0.25, -0.2) is 0 Å². The molecule has 0 aliphatic carbocycles. The molecule has 1 atom stereocenters. The lowest BCUT2D eigenvalue weighted by atomic mass is 10.1. The van der Waals surface area contributed by atoms with Gasteiger partial charge in [-0.2, -0.15) is 5.10 Å². The monoisotopic (exact) mass is 369 g/mol. The number of nitrogens with one attached hydrogen (secondary N) is 2. The summed E-state index contributed by atoms with van der Waals surface area (Å²) in [5, 5.41) is 10.3. The Morgan fingerprint density at radius 2 is 2.33 bits per heavy atom. The second-order valence-electron chi connectivity index (χ2n) is 4.78. The standard InChI is InChI=1S/C14H13BrClN3O2/c15-8-3-4-10(16)9(6-8)11-7-13(19-18-11)17-14(20)12-2-1-5-21-12/h3-4,6-7,12H,1-2,5H2,(H2,17,18,19,20)/t12-/m0/s1. The summed E-state index contributed by atoms with van der Waals surface area (Å²) in [5.74, 6) is 0.299. The van der Waals surface area contributed by atoms with Gasteiger partial charge in [0.1, 0.15) is 6.10 Å². The molecule has 3 rings (SSSR count). The first kappa shape index (κ1) is 14.6. The molecule has 1 aliphatic rings. The summed E-state index contributed by atoms with van der Waals surface area (Å²) in [6.07, 6.45) is 1.29. The van der Waals surface area contributed by atoms with E-state index in [1.54, 1.807) is 12.1 Å². The van der Waals surface area contributed by atoms with Crippen molar-refractivity contribution in [3.63, 3.8) is 0 Å². The highest BCUT2D eigenvalue weighted by Gasteiger charge is 2.24. The van der Waals surface area contributed by atoms with Crippen LogP contribution in [0.5, 0.6) is 0 Å². The van der Waals surface area contributed by atoms with E-state index in [1.807, 2.05) is 12.1 Å². The molecule has 1 aromatic carbocycles. The zero-order valence-corrected chi connectivity index (χ0v) is 13.4. The lowest BCUT2D eigenvalue weighted by Crippen LogP contribution is -2.26. The number of halogens is 2. The van der Waals surface area contributed by atoms with Crippen LogP contribution in [0.25, 0.3) is 11.3 Å². The number of amides is 1. The van der Waals surface area contributed by atoms with Gasteiger partial charge < -0.3 is 10.1 Å². The summed E-state index contributed by atoms with van der Waals surface area (Å²) in [5.41, 5.74) is 1.56. The van der Waals surface area contributed by atoms with Crippen LogP contribution in [-0.4, -0.2) is 28.8 Å². The second-order valence-corrected chi connectivity index (χ2v) is 6.10. The minimum Gasteiger partial charge on any atom is -0.368 e. The van der Waals surface area contributed by atoms with E-state index >= 15 is 0 Å². The Kier molecular flexibility index (Phi) is 4.28. The average molecular weight is 371 g/mol. The Labute approximate surface area is 135 Å². The summed E-state index contributed by atoms with van der Waals surface area (Å²) in [6, 6.07) is 7.30. The van der Waals surface area contributed by atoms with Crippen LogP contribution < -0.4 is 5.32 Å². The number of anilines is 1. The first-order chi connectivity index (χ1) is 10.1. The maximum Gasteiger partial charge on any atom is 0.254 e. The number of rotatable bonds is 3. The highest BCUT2D eigenvalue weighted by molar-refractivity contribution is 9.10. The Bertz CT molecular complexity index is 668. The molecule has 1 fully saturated rings. The van der Waals surface area contributed by atoms with Crippen molar-refractivity contribution in [1.29, 1.82) is 0 Å². The first-order valence-corrected chi connectivity index (χ1v) is 7.74. The maximum absolute atomic E-state index is 12.0. The van der Waals surface area contributed by atoms with E-state index in [2.05, 4.69) is 31.4 Å². The fourth-order valence-corrected chi connectivity index (χ4v) is 2.80. The molecule has 0 bridgehead atoms. The third-order valence-corrected chi connectivity index (χ3v) is 4.09. The van der Waals surface area contributed by atoms with E-state index in [4.69, 9.17) is 16.3 Å². The predicted octanol–water partition coefficient (Wildman–Crippen LogP) is 3.61. The average Bonchev–Trinajstić information content (AvgIpc) is 3.12. The number of carbonyl (C=O) groups is 1. The summed E-state index contributed by atoms with van der Waals surface area (Å²) in [4.78, 5) is 12.0. The largest absolute Gasteiger partial charge is 0.368 e. The third-order valence-electron chi connectivity index (χ3n) is 3.27. The zero-order chi connectivity index (χ0) is 14.8. The fourth-order valence-electron chi connectivity index (χ4n) is 2.22. The molecule has 0 spiro atoms. The normalized spacial score (nSPS) is 17.9. The number of aromatic nitrogens is 2. The van der Waals surface area contributed by atoms with E-state index in [0.717, 1.165) is 28.6 Å². The van der Waals surface area contributed by atoms with Crippen LogP contribution in [0.4, 0.5) is 5.82 Å². The van der Waals surface area contributed by atoms with Crippen LogP contribution in [0.1, 0.15) is 12.8 Å². The lowest BCUT2D eigenvalue weighted by Gasteiger charge is -2.07. The molecule has 1 saturated heterocycles. The first-order valence-electron chi connectivity index (χ1n) is 6.57. The smallest absolute Gasteiger partial charge is 0.254 e. The van der Waals surface area contributed by atoms with E-state index < -0.39 is 0 Å². The molecule has 21 heavy (non-hydrogen) atoms. The highest BCUT2D eigenvalue weighted by Crippen LogP contribution is 2.30. The van der Waals surface area contributed by atoms with Gasteiger partial charge >= 0.3 is 0 Å². The summed E-state index contributed by atoms with van der Waals surface area (Å²) >= 11 is 9.58. The number of nitrogens with zero attached hydrogens (tertiary/aromatic N) is 1. The number of hydrogen-bond acceptors (Lipinski definition) is 3. The number of hydrogen-bond donors (Lipinski definition) is 2. The molecule has 2 heterocycles. The lowest BCUT2D eigenvalue weighted by molar-refractivity contribution is -0.124. The number of aromatic amines is 1. The van der Waals surface area contributed by atoms with Crippen molar-refractivity contribution in [2.24, 2.45) is 0 Å². The van der Waals surface area contributed by atoms with Gasteiger partial charge in [-0.3, -0.25) is 9.89 Å². The van der Waals surface area contributed by atoms with Crippen LogP contribution >= 0.6 is 27.5 Å². The van der Waals surface area contributed by atoms with Crippen LogP contribution in [0, 0.1) is 0 Å². The van der Waals surface area contributed by atoms with Crippen molar-refractivity contribution in [2.45, 2.75) is 18.9 Å². The highest BCUT2D eigenvalue weighted by atomic mass is 79.9. The van der Waals surface area contributed by atoms with Gasteiger partial charge in [-0.15, -0.1) is 0 Å². The zero-order valence-electron chi connectivity index (χ0n) is 11.0. The maximum atomic E-state index is 12.0. The van der Waals surface area contributed by atoms with Crippen molar-refractivity contribution < 1.29 is 9.53 Å². The van der Waals surface area contributed by atoms with Crippen molar-refractivity contribution in [1.82, 2.24) is 10.2 Å². The van der Waals surface area contributed by atoms with E-state index in [1.165, 1.54) is 0 Å². The number of H-pyrrole nitrogens is 1. The molecule has 5 nitrogen and oxygen atoms in total. The summed E-state index contributed by atoms with van der Waals surface area (Å²) < 4.78 is 6.25. The molecule has 2 N–H and O–H groups in total. The van der Waals surface area contributed by atoms with Gasteiger partial charge in [0.25, 0.3) is 5.91 Å². The molecule has 1 aliphatic heterocycles. The van der Waals surface area contributed by atoms with E-state index in [9.17, 15) is 4.79 Å². The number of carbonyl (C=O) groups excluding carboxylic acids is 1. The summed E-state index contributed by atoms with van der Waals surface area (Å²) in [7, 11) is 0. The summed E-state index contributed by atoms with van der Waals surface area (Å²) in [6.45, 7) is 0.636. The molecule has 2 aromatic rings. The second kappa shape index (κ2) is 6.17. The molecule has 0 saturated carbocycles. The van der Waals surface area contributed by atoms with Gasteiger partial charge in [0, 0.05) is 22.7 Å². The van der Waals surface area contributed by atoms with Gasteiger partial charge in [-0.1, -0.05) is 27.5 Å². The number of ether oxygens (including phenoxy) is 1. The third kappa shape index (κ3) is 3.28. The quantitative estimate of drug-likeness (QED) is 0.867. The molecule has 0 radical (unpaired) electrons. The fraction of sp³-hybridized carbons (Fsp3) is 0.286. The molecule has 110 valence electrons. The van der Waals surface area contributed by atoms with Gasteiger partial charge in [0.15, 0.2) is 5.82 Å². The topological polar surface area (TPSA) is 67.0 Å². The van der Waals surface area contributed by atoms with Crippen LogP contribution in [0.15, 0.2) is 28.7 Å². The van der Waals surface area contributed by atoms with Crippen molar-refractivity contribution in [3.05, 3.63) is 33.8 Å². The molecular weight excluding hydrogens is 358 g/mol. The van der Waals surface area contributed by atoms with Crippen LogP contribution in [0.3, 0.4) is 0 Å². The molecule has 1 aromatic heterocycles. The molecule has 1 amide bonds. The van der Waals surface area contributed by atoms with Gasteiger partial charge in [0.2, 0.25) is 0 Å². The van der Waals surface area contributed by atoms with Crippen molar-refractivity contribution in [3.8, 4) is 11.3 Å². The molecule has 7 heteroatoms. The Balaban J connectivity index is 1.77. The van der Waals surface area contributed by atoms with Gasteiger partial charge in [0.05, 0.1) is 10.7 Å². The van der Waals surface area contributed by atoms with Crippen LogP contribution in [-0.2, 0) is 9.53 Å². The van der Waals surface area contributed by atoms with Crippen molar-refractivity contribution >= 4 is 39.3 Å². The molecular formula is C14H13BrClN3O2. The number of benzene rings is 1. The Morgan fingerprint density at radius 1 is 1.48 bits per heavy atom.